The van der Waals surface area contributed by atoms with Crippen LogP contribution < -0.4 is 0 Å². The third-order valence-corrected chi connectivity index (χ3v) is 3.47. The van der Waals surface area contributed by atoms with Crippen molar-refractivity contribution in [1.29, 1.82) is 0 Å². The number of fused-ring (bicyclic) bond motifs is 1. The van der Waals surface area contributed by atoms with E-state index in [-0.39, 0.29) is 6.61 Å². The summed E-state index contributed by atoms with van der Waals surface area (Å²) in [6.45, 7) is -0.376. The van der Waals surface area contributed by atoms with E-state index in [1.54, 1.807) is 0 Å². The lowest BCUT2D eigenvalue weighted by Crippen LogP contribution is -2.33. The molecule has 0 amide bonds. The Balaban J connectivity index is 2.06. The highest BCUT2D eigenvalue weighted by Crippen LogP contribution is 2.30. The molecule has 0 radical (unpaired) electrons. The van der Waals surface area contributed by atoms with Crippen molar-refractivity contribution in [3.05, 3.63) is 17.3 Å². The third-order valence-electron chi connectivity index (χ3n) is 3.17. The number of aromatic amines is 1. The van der Waals surface area contributed by atoms with Crippen molar-refractivity contribution in [2.24, 2.45) is 0 Å². The number of aliphatic hydroxyl groups excluding tert-OH is 3. The number of nitrogens with zero attached hydrogens (tertiary/aromatic N) is 3. The maximum Gasteiger partial charge on any atom is 0.165 e. The average Bonchev–Trinajstić information content (AvgIpc) is 2.94. The van der Waals surface area contributed by atoms with Crippen LogP contribution in [0.1, 0.15) is 6.23 Å². The lowest BCUT2D eigenvalue weighted by molar-refractivity contribution is -0.0511. The van der Waals surface area contributed by atoms with Crippen molar-refractivity contribution >= 4 is 23.4 Å². The summed E-state index contributed by atoms with van der Waals surface area (Å²) < 4.78 is 7.28. The van der Waals surface area contributed by atoms with Gasteiger partial charge < -0.3 is 25.0 Å². The minimum Gasteiger partial charge on any atom is -0.394 e. The average molecular weight is 284 g/mol. The number of aliphatic hydroxyl groups is 3. The maximum atomic E-state index is 9.97. The van der Waals surface area contributed by atoms with Crippen molar-refractivity contribution in [3.63, 3.8) is 0 Å². The van der Waals surface area contributed by atoms with Crippen molar-refractivity contribution < 1.29 is 20.1 Å². The third kappa shape index (κ3) is 1.86. The second-order valence-corrected chi connectivity index (χ2v) is 4.67. The van der Waals surface area contributed by atoms with Crippen molar-refractivity contribution in [2.75, 3.05) is 6.61 Å². The fourth-order valence-electron chi connectivity index (χ4n) is 2.18. The molecule has 0 spiro atoms. The van der Waals surface area contributed by atoms with Gasteiger partial charge in [0, 0.05) is 0 Å². The van der Waals surface area contributed by atoms with Gasteiger partial charge >= 0.3 is 0 Å². The van der Waals surface area contributed by atoms with Gasteiger partial charge in [0.2, 0.25) is 0 Å². The van der Waals surface area contributed by atoms with Crippen molar-refractivity contribution in [3.8, 4) is 0 Å². The molecule has 4 N–H and O–H groups in total. The quantitative estimate of drug-likeness (QED) is 0.528. The zero-order valence-electron chi connectivity index (χ0n) is 9.67. The number of hydrogen-bond acceptors (Lipinski definition) is 7. The molecule has 0 saturated carbocycles. The van der Waals surface area contributed by atoms with Crippen molar-refractivity contribution in [2.45, 2.75) is 24.5 Å². The van der Waals surface area contributed by atoms with Crippen LogP contribution >= 0.6 is 12.2 Å². The molecule has 0 bridgehead atoms. The fraction of sp³-hybridized carbons (Fsp3) is 0.500. The first-order valence-corrected chi connectivity index (χ1v) is 6.07. The van der Waals surface area contributed by atoms with Gasteiger partial charge in [-0.3, -0.25) is 4.57 Å². The van der Waals surface area contributed by atoms with Gasteiger partial charge in [0.05, 0.1) is 19.3 Å². The summed E-state index contributed by atoms with van der Waals surface area (Å²) in [6, 6.07) is 0. The summed E-state index contributed by atoms with van der Waals surface area (Å²) in [5.74, 6) is 0. The van der Waals surface area contributed by atoms with E-state index < -0.39 is 24.5 Å². The molecular weight excluding hydrogens is 272 g/mol. The predicted octanol–water partition coefficient (Wildman–Crippen LogP) is -0.900. The molecule has 3 rings (SSSR count). The molecule has 0 aromatic carbocycles. The smallest absolute Gasteiger partial charge is 0.165 e. The van der Waals surface area contributed by atoms with Gasteiger partial charge in [0.15, 0.2) is 10.9 Å². The SMILES string of the molecule is OC[C@@H]1O[C@H](n2cnc3c(=S)nc[nH]c32)[C@H](O)C1O. The van der Waals surface area contributed by atoms with E-state index in [2.05, 4.69) is 15.0 Å². The summed E-state index contributed by atoms with van der Waals surface area (Å²) in [7, 11) is 0. The second-order valence-electron chi connectivity index (χ2n) is 4.29. The molecule has 1 saturated heterocycles. The van der Waals surface area contributed by atoms with Gasteiger partial charge in [0.1, 0.15) is 29.5 Å². The Labute approximate surface area is 112 Å². The van der Waals surface area contributed by atoms with Crippen molar-refractivity contribution in [1.82, 2.24) is 19.5 Å². The van der Waals surface area contributed by atoms with E-state index in [1.165, 1.54) is 17.2 Å². The Morgan fingerprint density at radius 2 is 2.16 bits per heavy atom. The molecule has 9 heteroatoms. The number of rotatable bonds is 2. The molecule has 1 fully saturated rings. The molecule has 8 nitrogen and oxygen atoms in total. The van der Waals surface area contributed by atoms with Gasteiger partial charge in [-0.05, 0) is 0 Å². The van der Waals surface area contributed by atoms with E-state index in [4.69, 9.17) is 22.1 Å². The maximum absolute atomic E-state index is 9.97. The van der Waals surface area contributed by atoms with E-state index in [1.807, 2.05) is 0 Å². The zero-order valence-corrected chi connectivity index (χ0v) is 10.5. The molecule has 1 aliphatic heterocycles. The Hall–Kier alpha value is -1.39. The largest absolute Gasteiger partial charge is 0.394 e. The van der Waals surface area contributed by atoms with E-state index in [0.717, 1.165) is 0 Å². The number of aromatic nitrogens is 4. The standard InChI is InChI=1S/C10H12N4O4S/c15-1-4-6(16)7(17)10(18-4)14-3-13-5-8(14)11-2-12-9(5)19/h2-4,6-7,10,15-17H,1H2,(H,11,12,19)/t4-,6?,7+,10-/m0/s1. The first-order valence-electron chi connectivity index (χ1n) is 5.66. The van der Waals surface area contributed by atoms with Crippen LogP contribution in [0.2, 0.25) is 0 Å². The number of H-pyrrole nitrogens is 1. The molecule has 1 unspecified atom stereocenters. The number of hydrogen-bond donors (Lipinski definition) is 4. The molecule has 2 aromatic rings. The van der Waals surface area contributed by atoms with Gasteiger partial charge in [-0.2, -0.15) is 0 Å². The Bertz CT molecular complexity index is 656. The predicted molar refractivity (Wildman–Crippen MR) is 65.7 cm³/mol. The molecule has 1 aliphatic rings. The van der Waals surface area contributed by atoms with E-state index in [0.29, 0.717) is 15.8 Å². The van der Waals surface area contributed by atoms with Crippen LogP contribution in [-0.2, 0) is 4.74 Å². The van der Waals surface area contributed by atoms with E-state index in [9.17, 15) is 10.2 Å². The van der Waals surface area contributed by atoms with E-state index >= 15 is 0 Å². The van der Waals surface area contributed by atoms with Crippen LogP contribution in [0.5, 0.6) is 0 Å². The summed E-state index contributed by atoms with van der Waals surface area (Å²) in [6.07, 6.45) is -1.13. The summed E-state index contributed by atoms with van der Waals surface area (Å²) in [5.41, 5.74) is 1.02. The summed E-state index contributed by atoms with van der Waals surface area (Å²) >= 11 is 5.04. The topological polar surface area (TPSA) is 116 Å². The summed E-state index contributed by atoms with van der Waals surface area (Å²) in [5, 5.41) is 28.8. The van der Waals surface area contributed by atoms with Crippen LogP contribution in [0, 0.1) is 4.64 Å². The highest BCUT2D eigenvalue weighted by molar-refractivity contribution is 7.71. The monoisotopic (exact) mass is 284 g/mol. The molecule has 19 heavy (non-hydrogen) atoms. The number of nitrogens with one attached hydrogen (secondary N) is 1. The van der Waals surface area contributed by atoms with Crippen LogP contribution in [0.25, 0.3) is 11.2 Å². The van der Waals surface area contributed by atoms with Gasteiger partial charge in [0.25, 0.3) is 0 Å². The first kappa shape index (κ1) is 12.6. The lowest BCUT2D eigenvalue weighted by Gasteiger charge is -2.16. The molecule has 102 valence electrons. The fourth-order valence-corrected chi connectivity index (χ4v) is 2.38. The highest BCUT2D eigenvalue weighted by atomic mass is 32.1. The molecule has 4 atom stereocenters. The van der Waals surface area contributed by atoms with Gasteiger partial charge in [-0.25, -0.2) is 9.97 Å². The molecule has 3 heterocycles. The first-order chi connectivity index (χ1) is 9.13. The van der Waals surface area contributed by atoms with Crippen LogP contribution in [0.15, 0.2) is 12.7 Å². The van der Waals surface area contributed by atoms with Crippen LogP contribution in [0.4, 0.5) is 0 Å². The minimum absolute atomic E-state index is 0.333. The van der Waals surface area contributed by atoms with Gasteiger partial charge in [-0.1, -0.05) is 12.2 Å². The lowest BCUT2D eigenvalue weighted by atomic mass is 10.1. The Morgan fingerprint density at radius 3 is 2.84 bits per heavy atom. The molecule has 0 aliphatic carbocycles. The summed E-state index contributed by atoms with van der Waals surface area (Å²) in [4.78, 5) is 10.9. The van der Waals surface area contributed by atoms with Gasteiger partial charge in [-0.15, -0.1) is 0 Å². The van der Waals surface area contributed by atoms with Crippen LogP contribution in [0.3, 0.4) is 0 Å². The second kappa shape index (κ2) is 4.62. The number of imidazole rings is 1. The zero-order chi connectivity index (χ0) is 13.6. The normalized spacial score (nSPS) is 31.1. The highest BCUT2D eigenvalue weighted by Gasteiger charge is 2.43. The van der Waals surface area contributed by atoms with Crippen LogP contribution in [-0.4, -0.2) is 59.8 Å². The Kier molecular flexibility index (Phi) is 3.07. The minimum atomic E-state index is -1.16. The molecular formula is C10H12N4O4S. The molecule has 2 aromatic heterocycles. The number of ether oxygens (including phenoxy) is 1. The Morgan fingerprint density at radius 1 is 1.37 bits per heavy atom.